The molecule has 0 aliphatic heterocycles. The van der Waals surface area contributed by atoms with Gasteiger partial charge in [0, 0.05) is 12.8 Å². The number of rotatable bonds is 45. The minimum absolute atomic E-state index is 0.00587. The summed E-state index contributed by atoms with van der Waals surface area (Å²) < 4.78 is 32.7. The van der Waals surface area contributed by atoms with Gasteiger partial charge in [0.2, 0.25) is 0 Å². The van der Waals surface area contributed by atoms with Crippen molar-refractivity contribution in [1.29, 1.82) is 0 Å². The summed E-state index contributed by atoms with van der Waals surface area (Å²) in [7, 11) is -4.27. The molecule has 0 bridgehead atoms. The number of hydrogen-bond acceptors (Lipinski definition) is 7. The number of unbranched alkanes of at least 4 members (excludes halogenated alkanes) is 33. The summed E-state index contributed by atoms with van der Waals surface area (Å²) in [4.78, 5) is 34.8. The van der Waals surface area contributed by atoms with Gasteiger partial charge in [-0.3, -0.25) is 18.6 Å². The van der Waals surface area contributed by atoms with Crippen molar-refractivity contribution in [1.82, 2.24) is 0 Å². The Morgan fingerprint density at radius 1 is 0.418 bits per heavy atom. The number of ether oxygens (including phenoxy) is 2. The highest BCUT2D eigenvalue weighted by Crippen LogP contribution is 2.43. The normalized spacial score (nSPS) is 13.2. The number of phosphoric acid groups is 1. The van der Waals surface area contributed by atoms with Crippen molar-refractivity contribution in [2.75, 3.05) is 19.8 Å². The Morgan fingerprint density at radius 2 is 0.709 bits per heavy atom. The molecule has 0 aliphatic carbocycles. The molecule has 0 fully saturated rings. The zero-order chi connectivity index (χ0) is 40.3. The summed E-state index contributed by atoms with van der Waals surface area (Å²) in [6.07, 6.45) is 44.4. The van der Waals surface area contributed by atoms with E-state index in [9.17, 15) is 19.0 Å². The van der Waals surface area contributed by atoms with Gasteiger partial charge in [0.15, 0.2) is 6.10 Å². The molecule has 0 heterocycles. The van der Waals surface area contributed by atoms with Gasteiger partial charge in [-0.15, -0.1) is 0 Å². The lowest BCUT2D eigenvalue weighted by Crippen LogP contribution is -2.29. The van der Waals surface area contributed by atoms with Gasteiger partial charge >= 0.3 is 19.8 Å². The lowest BCUT2D eigenvalue weighted by atomic mass is 10.0. The summed E-state index contributed by atoms with van der Waals surface area (Å²) in [5.41, 5.74) is 0. The van der Waals surface area contributed by atoms with Crippen LogP contribution in [-0.2, 0) is 32.7 Å². The van der Waals surface area contributed by atoms with Crippen LogP contribution in [0.4, 0.5) is 0 Å². The smallest absolute Gasteiger partial charge is 0.462 e. The SMILES string of the molecule is CCCCCCCCCCCCCCCCCCCCCCC(=O)OC(COC(=O)CCCCCCCCCCCCCCCCC)COP(=O)(O)OCC. The van der Waals surface area contributed by atoms with Crippen molar-refractivity contribution in [3.63, 3.8) is 0 Å². The second-order valence-corrected chi connectivity index (χ2v) is 17.6. The molecule has 0 saturated carbocycles. The predicted molar refractivity (Wildman–Crippen MR) is 230 cm³/mol. The van der Waals surface area contributed by atoms with Crippen molar-refractivity contribution in [3.05, 3.63) is 0 Å². The van der Waals surface area contributed by atoms with Crippen LogP contribution in [0.25, 0.3) is 0 Å². The van der Waals surface area contributed by atoms with E-state index < -0.39 is 19.9 Å². The quantitative estimate of drug-likeness (QED) is 0.0368. The zero-order valence-corrected chi connectivity index (χ0v) is 37.5. The molecule has 55 heavy (non-hydrogen) atoms. The van der Waals surface area contributed by atoms with Crippen LogP contribution in [0, 0.1) is 0 Å². The Bertz CT molecular complexity index is 869. The van der Waals surface area contributed by atoms with Crippen molar-refractivity contribution < 1.29 is 37.6 Å². The Labute approximate surface area is 340 Å². The average Bonchev–Trinajstić information content (AvgIpc) is 3.16. The molecule has 0 aliphatic rings. The van der Waals surface area contributed by atoms with E-state index in [-0.39, 0.29) is 32.2 Å². The second kappa shape index (κ2) is 42.7. The highest BCUT2D eigenvalue weighted by molar-refractivity contribution is 7.47. The third kappa shape index (κ3) is 42.5. The molecule has 0 aromatic heterocycles. The molecule has 9 heteroatoms. The van der Waals surface area contributed by atoms with E-state index >= 15 is 0 Å². The molecule has 0 aromatic carbocycles. The van der Waals surface area contributed by atoms with Gasteiger partial charge in [-0.25, -0.2) is 4.57 Å². The molecule has 2 unspecified atom stereocenters. The van der Waals surface area contributed by atoms with Crippen molar-refractivity contribution >= 4 is 19.8 Å². The van der Waals surface area contributed by atoms with E-state index in [1.54, 1.807) is 6.92 Å². The van der Waals surface area contributed by atoms with Gasteiger partial charge < -0.3 is 14.4 Å². The Morgan fingerprint density at radius 3 is 1.02 bits per heavy atom. The zero-order valence-electron chi connectivity index (χ0n) is 36.6. The molecular formula is C46H91O8P. The van der Waals surface area contributed by atoms with Crippen LogP contribution in [-0.4, -0.2) is 42.8 Å². The first-order valence-electron chi connectivity index (χ1n) is 23.8. The molecule has 8 nitrogen and oxygen atoms in total. The fraction of sp³-hybridized carbons (Fsp3) is 0.957. The summed E-state index contributed by atoms with van der Waals surface area (Å²) in [5.74, 6) is -0.777. The third-order valence-electron chi connectivity index (χ3n) is 10.7. The molecule has 0 amide bonds. The largest absolute Gasteiger partial charge is 0.472 e. The summed E-state index contributed by atoms with van der Waals surface area (Å²) in [6, 6.07) is 0. The summed E-state index contributed by atoms with van der Waals surface area (Å²) in [5, 5.41) is 0. The van der Waals surface area contributed by atoms with Crippen molar-refractivity contribution in [2.45, 2.75) is 264 Å². The molecule has 0 spiro atoms. The Kier molecular flexibility index (Phi) is 41.9. The molecule has 328 valence electrons. The molecule has 0 aromatic rings. The Balaban J connectivity index is 3.96. The first-order valence-corrected chi connectivity index (χ1v) is 25.3. The fourth-order valence-electron chi connectivity index (χ4n) is 7.16. The number of phosphoric ester groups is 1. The number of carbonyl (C=O) groups excluding carboxylic acids is 2. The summed E-state index contributed by atoms with van der Waals surface area (Å²) in [6.45, 7) is 5.54. The standard InChI is InChI=1S/C46H91O8P/c1-4-7-9-11-13-15-17-19-21-22-23-24-25-27-29-31-33-35-37-39-41-46(48)54-44(43-53-55(49,50)52-6-3)42-51-45(47)40-38-36-34-32-30-28-26-20-18-16-14-12-10-8-5-2/h44H,4-43H2,1-3H3,(H,49,50). The summed E-state index contributed by atoms with van der Waals surface area (Å²) >= 11 is 0. The average molecular weight is 803 g/mol. The molecule has 1 N–H and O–H groups in total. The van der Waals surface area contributed by atoms with Gasteiger partial charge in [0.25, 0.3) is 0 Å². The molecule has 2 atom stereocenters. The van der Waals surface area contributed by atoms with Crippen molar-refractivity contribution in [2.24, 2.45) is 0 Å². The van der Waals surface area contributed by atoms with Crippen LogP contribution in [0.5, 0.6) is 0 Å². The monoisotopic (exact) mass is 803 g/mol. The van der Waals surface area contributed by atoms with E-state index in [1.807, 2.05) is 0 Å². The van der Waals surface area contributed by atoms with Crippen LogP contribution < -0.4 is 0 Å². The molecule has 0 saturated heterocycles. The topological polar surface area (TPSA) is 108 Å². The van der Waals surface area contributed by atoms with Crippen LogP contribution in [0.3, 0.4) is 0 Å². The molecule has 0 rings (SSSR count). The fourth-order valence-corrected chi connectivity index (χ4v) is 7.92. The van der Waals surface area contributed by atoms with Crippen molar-refractivity contribution in [3.8, 4) is 0 Å². The van der Waals surface area contributed by atoms with E-state index in [1.165, 1.54) is 186 Å². The van der Waals surface area contributed by atoms with E-state index in [0.717, 1.165) is 38.5 Å². The van der Waals surface area contributed by atoms with E-state index in [0.29, 0.717) is 6.42 Å². The van der Waals surface area contributed by atoms with E-state index in [4.69, 9.17) is 18.5 Å². The second-order valence-electron chi connectivity index (χ2n) is 16.1. The van der Waals surface area contributed by atoms with Crippen LogP contribution in [0.15, 0.2) is 0 Å². The van der Waals surface area contributed by atoms with E-state index in [2.05, 4.69) is 13.8 Å². The van der Waals surface area contributed by atoms with Crippen LogP contribution in [0.1, 0.15) is 258 Å². The highest BCUT2D eigenvalue weighted by atomic mass is 31.2. The van der Waals surface area contributed by atoms with Crippen LogP contribution >= 0.6 is 7.82 Å². The maximum Gasteiger partial charge on any atom is 0.472 e. The maximum absolute atomic E-state index is 12.6. The van der Waals surface area contributed by atoms with Gasteiger partial charge in [-0.1, -0.05) is 226 Å². The third-order valence-corrected chi connectivity index (χ3v) is 11.7. The number of carbonyl (C=O) groups is 2. The van der Waals surface area contributed by atoms with Gasteiger partial charge in [-0.2, -0.15) is 0 Å². The maximum atomic E-state index is 12.6. The predicted octanol–water partition coefficient (Wildman–Crippen LogP) is 15.1. The number of hydrogen-bond donors (Lipinski definition) is 1. The molecule has 0 radical (unpaired) electrons. The Hall–Kier alpha value is -0.950. The minimum Gasteiger partial charge on any atom is -0.462 e. The van der Waals surface area contributed by atoms with Crippen LogP contribution in [0.2, 0.25) is 0 Å². The highest BCUT2D eigenvalue weighted by Gasteiger charge is 2.25. The lowest BCUT2D eigenvalue weighted by molar-refractivity contribution is -0.161. The number of esters is 2. The van der Waals surface area contributed by atoms with Gasteiger partial charge in [0.05, 0.1) is 13.2 Å². The van der Waals surface area contributed by atoms with Gasteiger partial charge in [-0.05, 0) is 19.8 Å². The first kappa shape index (κ1) is 54.0. The lowest BCUT2D eigenvalue weighted by Gasteiger charge is -2.19. The van der Waals surface area contributed by atoms with Gasteiger partial charge in [0.1, 0.15) is 6.61 Å². The molecular weight excluding hydrogens is 711 g/mol. The first-order chi connectivity index (χ1) is 26.8. The minimum atomic E-state index is -4.27.